The number of amides is 1. The number of nitrogens with one attached hydrogen (secondary N) is 1. The van der Waals surface area contributed by atoms with Crippen molar-refractivity contribution in [1.29, 1.82) is 0 Å². The van der Waals surface area contributed by atoms with Gasteiger partial charge in [0.15, 0.2) is 0 Å². The first-order valence-electron chi connectivity index (χ1n) is 5.70. The Bertz CT molecular complexity index is 406. The Morgan fingerprint density at radius 1 is 1.56 bits per heavy atom. The third-order valence-corrected chi connectivity index (χ3v) is 3.44. The van der Waals surface area contributed by atoms with Crippen LogP contribution in [0.2, 0.25) is 0 Å². The van der Waals surface area contributed by atoms with Crippen molar-refractivity contribution < 1.29 is 9.53 Å². The zero-order valence-corrected chi connectivity index (χ0v) is 12.8. The summed E-state index contributed by atoms with van der Waals surface area (Å²) in [6.07, 6.45) is 0.685. The average Bonchev–Trinajstić information content (AvgIpc) is 2.33. The maximum absolute atomic E-state index is 12.1. The van der Waals surface area contributed by atoms with Gasteiger partial charge in [0.25, 0.3) is 5.91 Å². The van der Waals surface area contributed by atoms with Gasteiger partial charge < -0.3 is 10.1 Å². The molecule has 0 fully saturated rings. The number of ether oxygens (including phenoxy) is 1. The first-order chi connectivity index (χ1) is 8.58. The fraction of sp³-hybridized carbons (Fsp3) is 0.462. The van der Waals surface area contributed by atoms with E-state index in [1.54, 1.807) is 7.11 Å². The molecule has 1 N–H and O–H groups in total. The van der Waals surface area contributed by atoms with E-state index in [2.05, 4.69) is 21.2 Å². The molecule has 1 aromatic rings. The second-order valence-corrected chi connectivity index (χ2v) is 5.32. The van der Waals surface area contributed by atoms with Gasteiger partial charge >= 0.3 is 0 Å². The fourth-order valence-corrected chi connectivity index (χ4v) is 2.30. The molecule has 0 spiro atoms. The Morgan fingerprint density at radius 2 is 2.28 bits per heavy atom. The third-order valence-electron chi connectivity index (χ3n) is 2.53. The molecule has 1 atom stereocenters. The molecular weight excluding hydrogens is 318 g/mol. The number of carbonyl (C=O) groups is 1. The van der Waals surface area contributed by atoms with E-state index in [1.807, 2.05) is 25.1 Å². The maximum atomic E-state index is 12.1. The first kappa shape index (κ1) is 15.5. The molecule has 1 rings (SSSR count). The van der Waals surface area contributed by atoms with Gasteiger partial charge in [0.2, 0.25) is 0 Å². The van der Waals surface area contributed by atoms with Gasteiger partial charge in [0.1, 0.15) is 0 Å². The SMILES string of the molecule is COCC(CCCl)NC(=O)c1cc(C)ccc1Br. The third kappa shape index (κ3) is 4.59. The minimum absolute atomic E-state index is 0.0626. The van der Waals surface area contributed by atoms with Crippen LogP contribution in [0.4, 0.5) is 0 Å². The van der Waals surface area contributed by atoms with E-state index >= 15 is 0 Å². The topological polar surface area (TPSA) is 38.3 Å². The first-order valence-corrected chi connectivity index (χ1v) is 7.03. The number of alkyl halides is 1. The van der Waals surface area contributed by atoms with Crippen molar-refractivity contribution in [2.45, 2.75) is 19.4 Å². The van der Waals surface area contributed by atoms with Crippen LogP contribution >= 0.6 is 27.5 Å². The Kier molecular flexibility index (Phi) is 6.68. The summed E-state index contributed by atoms with van der Waals surface area (Å²) in [5.74, 6) is 0.376. The minimum atomic E-state index is -0.113. The van der Waals surface area contributed by atoms with Crippen LogP contribution < -0.4 is 5.32 Å². The molecule has 0 saturated carbocycles. The lowest BCUT2D eigenvalue weighted by Crippen LogP contribution is -2.38. The van der Waals surface area contributed by atoms with E-state index in [9.17, 15) is 4.79 Å². The molecule has 1 aromatic carbocycles. The lowest BCUT2D eigenvalue weighted by molar-refractivity contribution is 0.0894. The lowest BCUT2D eigenvalue weighted by atomic mass is 10.1. The van der Waals surface area contributed by atoms with Crippen molar-refractivity contribution >= 4 is 33.4 Å². The van der Waals surface area contributed by atoms with E-state index in [0.717, 1.165) is 10.0 Å². The summed E-state index contributed by atoms with van der Waals surface area (Å²) < 4.78 is 5.85. The summed E-state index contributed by atoms with van der Waals surface area (Å²) in [5.41, 5.74) is 1.68. The summed E-state index contributed by atoms with van der Waals surface area (Å²) in [6.45, 7) is 2.41. The zero-order chi connectivity index (χ0) is 13.5. The molecule has 1 unspecified atom stereocenters. The summed E-state index contributed by atoms with van der Waals surface area (Å²) in [6, 6.07) is 5.61. The van der Waals surface area contributed by atoms with E-state index in [0.29, 0.717) is 24.5 Å². The molecule has 100 valence electrons. The largest absolute Gasteiger partial charge is 0.383 e. The van der Waals surface area contributed by atoms with Crippen LogP contribution in [0.1, 0.15) is 22.3 Å². The molecule has 0 aliphatic rings. The molecule has 18 heavy (non-hydrogen) atoms. The maximum Gasteiger partial charge on any atom is 0.252 e. The van der Waals surface area contributed by atoms with Crippen LogP contribution in [-0.2, 0) is 4.74 Å². The van der Waals surface area contributed by atoms with Crippen LogP contribution in [-0.4, -0.2) is 31.5 Å². The van der Waals surface area contributed by atoms with Gasteiger partial charge in [0, 0.05) is 17.5 Å². The number of rotatable bonds is 6. The molecule has 0 aromatic heterocycles. The van der Waals surface area contributed by atoms with Crippen molar-refractivity contribution in [3.63, 3.8) is 0 Å². The smallest absolute Gasteiger partial charge is 0.252 e. The Balaban J connectivity index is 2.76. The summed E-state index contributed by atoms with van der Waals surface area (Å²) in [7, 11) is 1.61. The summed E-state index contributed by atoms with van der Waals surface area (Å²) >= 11 is 9.08. The Labute approximate surface area is 121 Å². The highest BCUT2D eigenvalue weighted by Gasteiger charge is 2.15. The number of halogens is 2. The van der Waals surface area contributed by atoms with Crippen molar-refractivity contribution in [2.75, 3.05) is 19.6 Å². The van der Waals surface area contributed by atoms with Crippen LogP contribution in [0.5, 0.6) is 0 Å². The van der Waals surface area contributed by atoms with E-state index < -0.39 is 0 Å². The fourth-order valence-electron chi connectivity index (χ4n) is 1.61. The van der Waals surface area contributed by atoms with Crippen molar-refractivity contribution in [1.82, 2.24) is 5.32 Å². The average molecular weight is 335 g/mol. The van der Waals surface area contributed by atoms with E-state index in [1.165, 1.54) is 0 Å². The molecule has 0 radical (unpaired) electrons. The molecule has 1 amide bonds. The van der Waals surface area contributed by atoms with E-state index in [-0.39, 0.29) is 11.9 Å². The van der Waals surface area contributed by atoms with Gasteiger partial charge in [-0.2, -0.15) is 0 Å². The molecule has 5 heteroatoms. The highest BCUT2D eigenvalue weighted by molar-refractivity contribution is 9.10. The normalized spacial score (nSPS) is 12.2. The van der Waals surface area contributed by atoms with Crippen molar-refractivity contribution in [3.8, 4) is 0 Å². The lowest BCUT2D eigenvalue weighted by Gasteiger charge is -2.17. The molecular formula is C13H17BrClNO2. The van der Waals surface area contributed by atoms with Crippen LogP contribution in [0.15, 0.2) is 22.7 Å². The molecule has 3 nitrogen and oxygen atoms in total. The predicted octanol–water partition coefficient (Wildman–Crippen LogP) is 3.13. The second kappa shape index (κ2) is 7.77. The summed E-state index contributed by atoms with van der Waals surface area (Å²) in [4.78, 5) is 12.1. The predicted molar refractivity (Wildman–Crippen MR) is 77.3 cm³/mol. The molecule has 0 bridgehead atoms. The Hall–Kier alpha value is -0.580. The van der Waals surface area contributed by atoms with Gasteiger partial charge in [-0.05, 0) is 41.4 Å². The minimum Gasteiger partial charge on any atom is -0.383 e. The second-order valence-electron chi connectivity index (χ2n) is 4.09. The van der Waals surface area contributed by atoms with Gasteiger partial charge in [-0.15, -0.1) is 11.6 Å². The molecule has 0 saturated heterocycles. The number of benzene rings is 1. The van der Waals surface area contributed by atoms with Gasteiger partial charge in [-0.3, -0.25) is 4.79 Å². The number of carbonyl (C=O) groups excluding carboxylic acids is 1. The highest BCUT2D eigenvalue weighted by atomic mass is 79.9. The number of aryl methyl sites for hydroxylation is 1. The number of methoxy groups -OCH3 is 1. The van der Waals surface area contributed by atoms with Crippen molar-refractivity contribution in [2.24, 2.45) is 0 Å². The highest BCUT2D eigenvalue weighted by Crippen LogP contribution is 2.18. The van der Waals surface area contributed by atoms with Crippen LogP contribution in [0.3, 0.4) is 0 Å². The molecule has 0 heterocycles. The summed E-state index contributed by atoms with van der Waals surface area (Å²) in [5, 5.41) is 2.92. The van der Waals surface area contributed by atoms with E-state index in [4.69, 9.17) is 16.3 Å². The molecule has 0 aliphatic heterocycles. The van der Waals surface area contributed by atoms with Gasteiger partial charge in [-0.25, -0.2) is 0 Å². The number of hydrogen-bond acceptors (Lipinski definition) is 2. The monoisotopic (exact) mass is 333 g/mol. The van der Waals surface area contributed by atoms with Gasteiger partial charge in [-0.1, -0.05) is 11.6 Å². The number of hydrogen-bond donors (Lipinski definition) is 1. The van der Waals surface area contributed by atoms with Crippen LogP contribution in [0.25, 0.3) is 0 Å². The van der Waals surface area contributed by atoms with Crippen molar-refractivity contribution in [3.05, 3.63) is 33.8 Å². The van der Waals surface area contributed by atoms with Gasteiger partial charge in [0.05, 0.1) is 18.2 Å². The van der Waals surface area contributed by atoms with Crippen LogP contribution in [0, 0.1) is 6.92 Å². The Morgan fingerprint density at radius 3 is 2.89 bits per heavy atom. The molecule has 0 aliphatic carbocycles. The quantitative estimate of drug-likeness (QED) is 0.812. The standard InChI is InChI=1S/C13H17BrClNO2/c1-9-3-4-12(14)11(7-9)13(17)16-10(5-6-15)8-18-2/h3-4,7,10H,5-6,8H2,1-2H3,(H,16,17). The zero-order valence-electron chi connectivity index (χ0n) is 10.5.